The summed E-state index contributed by atoms with van der Waals surface area (Å²) in [7, 11) is 0. The van der Waals surface area contributed by atoms with E-state index in [4.69, 9.17) is 23.2 Å². The van der Waals surface area contributed by atoms with Gasteiger partial charge in [0, 0.05) is 10.6 Å². The van der Waals surface area contributed by atoms with Crippen LogP contribution >= 0.6 is 35.0 Å². The molecule has 30 heavy (non-hydrogen) atoms. The Morgan fingerprint density at radius 2 is 1.77 bits per heavy atom. The number of thioether (sulfide) groups is 1. The summed E-state index contributed by atoms with van der Waals surface area (Å²) in [5, 5.41) is 3.08. The lowest BCUT2D eigenvalue weighted by atomic mass is 10.1. The standard InChI is InChI=1S/C20H14Cl2F3N3OS/c1-11-2-4-12(5-3-11)16-9-17(20(23,24)25)28-19(27-16)30-10-18(29)26-15-7-6-13(21)8-14(15)22/h2-9H,10H2,1H3,(H,26,29). The zero-order valence-electron chi connectivity index (χ0n) is 15.4. The van der Waals surface area contributed by atoms with Crippen LogP contribution in [0.2, 0.25) is 10.0 Å². The van der Waals surface area contributed by atoms with E-state index in [-0.39, 0.29) is 21.6 Å². The molecule has 2 aromatic carbocycles. The number of rotatable bonds is 5. The summed E-state index contributed by atoms with van der Waals surface area (Å²) in [5.41, 5.74) is 0.887. The van der Waals surface area contributed by atoms with Crippen molar-refractivity contribution in [2.75, 3.05) is 11.1 Å². The highest BCUT2D eigenvalue weighted by atomic mass is 35.5. The van der Waals surface area contributed by atoms with E-state index in [1.807, 2.05) is 6.92 Å². The number of benzene rings is 2. The molecule has 0 unspecified atom stereocenters. The van der Waals surface area contributed by atoms with Crippen molar-refractivity contribution in [3.63, 3.8) is 0 Å². The van der Waals surface area contributed by atoms with Crippen LogP contribution in [0.15, 0.2) is 53.7 Å². The number of halogens is 5. The van der Waals surface area contributed by atoms with Gasteiger partial charge in [-0.1, -0.05) is 64.8 Å². The van der Waals surface area contributed by atoms with Crippen LogP contribution in [0.5, 0.6) is 0 Å². The van der Waals surface area contributed by atoms with E-state index in [0.29, 0.717) is 16.3 Å². The topological polar surface area (TPSA) is 54.9 Å². The molecule has 0 bridgehead atoms. The first kappa shape index (κ1) is 22.4. The molecular formula is C20H14Cl2F3N3OS. The first-order chi connectivity index (χ1) is 14.1. The fraction of sp³-hybridized carbons (Fsp3) is 0.150. The summed E-state index contributed by atoms with van der Waals surface area (Å²) in [6.07, 6.45) is -4.64. The van der Waals surface area contributed by atoms with Crippen LogP contribution in [0.1, 0.15) is 11.3 Å². The maximum Gasteiger partial charge on any atom is 0.433 e. The third-order valence-corrected chi connectivity index (χ3v) is 5.28. The van der Waals surface area contributed by atoms with E-state index in [1.54, 1.807) is 30.3 Å². The number of anilines is 1. The molecule has 1 amide bonds. The molecule has 4 nitrogen and oxygen atoms in total. The van der Waals surface area contributed by atoms with Gasteiger partial charge in [-0.05, 0) is 31.2 Å². The van der Waals surface area contributed by atoms with Gasteiger partial charge in [0.05, 0.1) is 22.2 Å². The van der Waals surface area contributed by atoms with Crippen molar-refractivity contribution in [2.24, 2.45) is 0 Å². The van der Waals surface area contributed by atoms with Crippen LogP contribution in [0.3, 0.4) is 0 Å². The molecule has 0 aliphatic carbocycles. The summed E-state index contributed by atoms with van der Waals surface area (Å²) < 4.78 is 39.9. The molecule has 1 heterocycles. The number of carbonyl (C=O) groups is 1. The number of nitrogens with one attached hydrogen (secondary N) is 1. The van der Waals surface area contributed by atoms with Crippen molar-refractivity contribution < 1.29 is 18.0 Å². The zero-order valence-corrected chi connectivity index (χ0v) is 17.8. The van der Waals surface area contributed by atoms with Gasteiger partial charge in [-0.3, -0.25) is 4.79 Å². The largest absolute Gasteiger partial charge is 0.433 e. The second-order valence-electron chi connectivity index (χ2n) is 6.25. The second-order valence-corrected chi connectivity index (χ2v) is 8.03. The normalized spacial score (nSPS) is 11.4. The molecule has 1 N–H and O–H groups in total. The van der Waals surface area contributed by atoms with Crippen molar-refractivity contribution in [1.82, 2.24) is 9.97 Å². The number of hydrogen-bond acceptors (Lipinski definition) is 4. The zero-order chi connectivity index (χ0) is 21.9. The van der Waals surface area contributed by atoms with Gasteiger partial charge >= 0.3 is 6.18 Å². The monoisotopic (exact) mass is 471 g/mol. The van der Waals surface area contributed by atoms with E-state index in [9.17, 15) is 18.0 Å². The van der Waals surface area contributed by atoms with Crippen molar-refractivity contribution in [3.05, 3.63) is 69.8 Å². The van der Waals surface area contributed by atoms with E-state index in [0.717, 1.165) is 23.4 Å². The van der Waals surface area contributed by atoms with Crippen LogP contribution in [0.25, 0.3) is 11.3 Å². The van der Waals surface area contributed by atoms with Crippen molar-refractivity contribution in [1.29, 1.82) is 0 Å². The highest BCUT2D eigenvalue weighted by molar-refractivity contribution is 7.99. The van der Waals surface area contributed by atoms with Gasteiger partial charge in [0.25, 0.3) is 0 Å². The Kier molecular flexibility index (Phi) is 6.90. The van der Waals surface area contributed by atoms with Crippen molar-refractivity contribution >= 4 is 46.6 Å². The van der Waals surface area contributed by atoms with E-state index < -0.39 is 17.8 Å². The van der Waals surface area contributed by atoms with Crippen LogP contribution in [0, 0.1) is 6.92 Å². The highest BCUT2D eigenvalue weighted by Gasteiger charge is 2.34. The summed E-state index contributed by atoms with van der Waals surface area (Å²) in [5.74, 6) is -0.671. The number of hydrogen-bond donors (Lipinski definition) is 1. The van der Waals surface area contributed by atoms with Gasteiger partial charge < -0.3 is 5.32 Å². The second kappa shape index (κ2) is 9.24. The minimum absolute atomic E-state index is 0.126. The van der Waals surface area contributed by atoms with Crippen LogP contribution in [-0.4, -0.2) is 21.6 Å². The molecule has 0 spiro atoms. The molecule has 0 aliphatic rings. The summed E-state index contributed by atoms with van der Waals surface area (Å²) >= 11 is 12.6. The molecule has 10 heteroatoms. The maximum absolute atomic E-state index is 13.3. The minimum Gasteiger partial charge on any atom is -0.324 e. The van der Waals surface area contributed by atoms with Crippen LogP contribution < -0.4 is 5.32 Å². The quantitative estimate of drug-likeness (QED) is 0.340. The third-order valence-electron chi connectivity index (χ3n) is 3.88. The number of aryl methyl sites for hydroxylation is 1. The van der Waals surface area contributed by atoms with Gasteiger partial charge in [-0.25, -0.2) is 9.97 Å². The molecule has 3 rings (SSSR count). The van der Waals surface area contributed by atoms with Gasteiger partial charge in [0.2, 0.25) is 5.91 Å². The smallest absolute Gasteiger partial charge is 0.324 e. The number of alkyl halides is 3. The Morgan fingerprint density at radius 1 is 1.07 bits per heavy atom. The SMILES string of the molecule is Cc1ccc(-c2cc(C(F)(F)F)nc(SCC(=O)Nc3ccc(Cl)cc3Cl)n2)cc1. The minimum atomic E-state index is -4.64. The lowest BCUT2D eigenvalue weighted by Gasteiger charge is -2.11. The van der Waals surface area contributed by atoms with Crippen LogP contribution in [-0.2, 0) is 11.0 Å². The number of amides is 1. The molecule has 0 saturated carbocycles. The van der Waals surface area contributed by atoms with Crippen molar-refractivity contribution in [3.8, 4) is 11.3 Å². The lowest BCUT2D eigenvalue weighted by Crippen LogP contribution is -2.15. The Morgan fingerprint density at radius 3 is 2.40 bits per heavy atom. The highest BCUT2D eigenvalue weighted by Crippen LogP contribution is 2.32. The molecule has 156 valence electrons. The Bertz CT molecular complexity index is 1080. The molecule has 0 atom stereocenters. The first-order valence-corrected chi connectivity index (χ1v) is 10.3. The third kappa shape index (κ3) is 5.87. The Balaban J connectivity index is 1.79. The Hall–Kier alpha value is -2.29. The molecule has 0 saturated heterocycles. The van der Waals surface area contributed by atoms with Crippen LogP contribution in [0.4, 0.5) is 18.9 Å². The fourth-order valence-electron chi connectivity index (χ4n) is 2.41. The van der Waals surface area contributed by atoms with Gasteiger partial charge in [0.15, 0.2) is 5.16 Å². The summed E-state index contributed by atoms with van der Waals surface area (Å²) in [4.78, 5) is 19.9. The predicted octanol–water partition coefficient (Wildman–Crippen LogP) is 6.51. The summed E-state index contributed by atoms with van der Waals surface area (Å²) in [6, 6.07) is 12.4. The van der Waals surface area contributed by atoms with Gasteiger partial charge in [-0.15, -0.1) is 0 Å². The molecule has 1 aromatic heterocycles. The summed E-state index contributed by atoms with van der Waals surface area (Å²) in [6.45, 7) is 1.87. The molecule has 0 aliphatic heterocycles. The number of carbonyl (C=O) groups excluding carboxylic acids is 1. The molecule has 0 fully saturated rings. The molecular weight excluding hydrogens is 458 g/mol. The van der Waals surface area contributed by atoms with E-state index in [2.05, 4.69) is 15.3 Å². The van der Waals surface area contributed by atoms with E-state index >= 15 is 0 Å². The van der Waals surface area contributed by atoms with Gasteiger partial charge in [-0.2, -0.15) is 13.2 Å². The maximum atomic E-state index is 13.3. The predicted molar refractivity (Wildman–Crippen MR) is 113 cm³/mol. The average Bonchev–Trinajstić information content (AvgIpc) is 2.68. The number of nitrogens with zero attached hydrogens (tertiary/aromatic N) is 2. The number of aromatic nitrogens is 2. The first-order valence-electron chi connectivity index (χ1n) is 8.53. The van der Waals surface area contributed by atoms with Gasteiger partial charge in [0.1, 0.15) is 5.69 Å². The average molecular weight is 472 g/mol. The fourth-order valence-corrected chi connectivity index (χ4v) is 3.53. The Labute approximate surface area is 184 Å². The van der Waals surface area contributed by atoms with Crippen molar-refractivity contribution in [2.45, 2.75) is 18.3 Å². The van der Waals surface area contributed by atoms with E-state index in [1.165, 1.54) is 12.1 Å². The molecule has 0 radical (unpaired) electrons. The lowest BCUT2D eigenvalue weighted by molar-refractivity contribution is -0.141. The molecule has 3 aromatic rings.